The first-order valence-electron chi connectivity index (χ1n) is 13.2. The Morgan fingerprint density at radius 3 is 2.66 bits per heavy atom. The largest absolute Gasteiger partial charge is 0.360 e. The summed E-state index contributed by atoms with van der Waals surface area (Å²) in [6.45, 7) is 8.51. The number of para-hydroxylation sites is 1. The summed E-state index contributed by atoms with van der Waals surface area (Å²) >= 11 is 0. The van der Waals surface area contributed by atoms with Crippen molar-refractivity contribution in [2.24, 2.45) is 5.92 Å². The Morgan fingerprint density at radius 2 is 1.89 bits per heavy atom. The predicted octanol–water partition coefficient (Wildman–Crippen LogP) is 6.03. The molecule has 0 radical (unpaired) electrons. The minimum absolute atomic E-state index is 0.144. The van der Waals surface area contributed by atoms with Crippen molar-refractivity contribution in [1.29, 1.82) is 0 Å². The van der Waals surface area contributed by atoms with Gasteiger partial charge in [0.05, 0.1) is 23.3 Å². The number of benzene rings is 2. The molecule has 196 valence electrons. The smallest absolute Gasteiger partial charge is 0.254 e. The van der Waals surface area contributed by atoms with Gasteiger partial charge in [-0.2, -0.15) is 5.10 Å². The summed E-state index contributed by atoms with van der Waals surface area (Å²) < 4.78 is 9.98. The summed E-state index contributed by atoms with van der Waals surface area (Å²) in [5, 5.41) is 12.3. The van der Waals surface area contributed by atoms with E-state index in [0.717, 1.165) is 40.7 Å². The number of hydrogen-bond donors (Lipinski definition) is 2. The molecule has 2 aromatic carbocycles. The maximum absolute atomic E-state index is 12.9. The number of fused-ring (bicyclic) bond motifs is 1. The Labute approximate surface area is 225 Å². The molecule has 38 heavy (non-hydrogen) atoms. The van der Waals surface area contributed by atoms with Gasteiger partial charge in [0.25, 0.3) is 5.91 Å². The minimum atomic E-state index is -1.18. The number of nitrogens with one attached hydrogen (secondary N) is 2. The number of carbonyl (C=O) groups excluding carboxylic acids is 1. The lowest BCUT2D eigenvalue weighted by atomic mass is 10.1. The van der Waals surface area contributed by atoms with Crippen molar-refractivity contribution in [3.8, 4) is 17.7 Å². The van der Waals surface area contributed by atoms with Crippen LogP contribution in [0.25, 0.3) is 16.7 Å². The van der Waals surface area contributed by atoms with Gasteiger partial charge in [0.15, 0.2) is 5.82 Å². The van der Waals surface area contributed by atoms with Crippen molar-refractivity contribution in [1.82, 2.24) is 19.7 Å². The van der Waals surface area contributed by atoms with Gasteiger partial charge in [-0.15, -0.1) is 0 Å². The molecule has 1 fully saturated rings. The average molecular weight is 526 g/mol. The zero-order valence-electron chi connectivity index (χ0n) is 22.3. The monoisotopic (exact) mass is 525 g/mol. The maximum atomic E-state index is 12.9. The van der Waals surface area contributed by atoms with E-state index in [1.165, 1.54) is 12.8 Å². The first-order valence-corrected chi connectivity index (χ1v) is 16.9. The number of carbonyl (C=O) groups is 1. The van der Waals surface area contributed by atoms with Crippen LogP contribution in [0.5, 0.6) is 0 Å². The first kappa shape index (κ1) is 25.8. The quantitative estimate of drug-likeness (QED) is 0.151. The van der Waals surface area contributed by atoms with E-state index in [1.54, 1.807) is 0 Å². The van der Waals surface area contributed by atoms with Crippen molar-refractivity contribution in [3.63, 3.8) is 0 Å². The summed E-state index contributed by atoms with van der Waals surface area (Å²) in [5.74, 6) is 7.48. The second-order valence-corrected chi connectivity index (χ2v) is 16.6. The highest BCUT2D eigenvalue weighted by Crippen LogP contribution is 2.29. The molecule has 0 aliphatic heterocycles. The molecule has 1 amide bonds. The number of ether oxygens (including phenoxy) is 1. The molecular weight excluding hydrogens is 490 g/mol. The van der Waals surface area contributed by atoms with Crippen LogP contribution in [0.15, 0.2) is 67.0 Å². The van der Waals surface area contributed by atoms with E-state index in [4.69, 9.17) is 9.84 Å². The van der Waals surface area contributed by atoms with Gasteiger partial charge in [-0.05, 0) is 61.4 Å². The molecule has 2 heterocycles. The Morgan fingerprint density at radius 1 is 1.11 bits per heavy atom. The van der Waals surface area contributed by atoms with Gasteiger partial charge in [-0.25, -0.2) is 4.68 Å². The van der Waals surface area contributed by atoms with E-state index in [0.29, 0.717) is 24.8 Å². The molecule has 8 heteroatoms. The topological polar surface area (TPSA) is 73.1 Å². The second-order valence-electron chi connectivity index (χ2n) is 10.9. The van der Waals surface area contributed by atoms with E-state index in [-0.39, 0.29) is 5.91 Å². The predicted molar refractivity (Wildman–Crippen MR) is 156 cm³/mol. The van der Waals surface area contributed by atoms with Gasteiger partial charge < -0.3 is 19.9 Å². The fourth-order valence-corrected chi connectivity index (χ4v) is 4.87. The molecule has 4 aromatic rings. The highest BCUT2D eigenvalue weighted by molar-refractivity contribution is 6.76. The van der Waals surface area contributed by atoms with E-state index in [9.17, 15) is 4.79 Å². The third-order valence-electron chi connectivity index (χ3n) is 6.46. The molecule has 7 nitrogen and oxygen atoms in total. The lowest BCUT2D eigenvalue weighted by Gasteiger charge is -2.15. The van der Waals surface area contributed by atoms with Crippen LogP contribution >= 0.6 is 0 Å². The van der Waals surface area contributed by atoms with Gasteiger partial charge in [0.2, 0.25) is 0 Å². The van der Waals surface area contributed by atoms with Crippen LogP contribution in [0.3, 0.4) is 0 Å². The second kappa shape index (κ2) is 11.3. The molecule has 1 aliphatic rings. The fourth-order valence-electron chi connectivity index (χ4n) is 4.12. The van der Waals surface area contributed by atoms with Gasteiger partial charge in [-0.1, -0.05) is 43.6 Å². The summed E-state index contributed by atoms with van der Waals surface area (Å²) in [5.41, 5.74) is 3.15. The molecule has 2 N–H and O–H groups in total. The van der Waals surface area contributed by atoms with Crippen molar-refractivity contribution < 1.29 is 9.53 Å². The number of nitrogens with zero attached hydrogens (tertiary/aromatic N) is 3. The van der Waals surface area contributed by atoms with Crippen LogP contribution < -0.4 is 10.6 Å². The standard InChI is InChI=1S/C30H35N5O2Si/c1-38(2,3)20-19-37-22-35-28-21-24(14-15-26(28)29(33-35)34-17-6-7-18-34)32-27-11-5-4-10-25(27)30(36)31-16-8-9-23-12-13-23/h4-7,10-11,14-15,17-18,21,23,32H,12-13,16,19-20,22H2,1-3H3,(H,31,36). The number of aromatic nitrogens is 3. The Balaban J connectivity index is 1.37. The number of amides is 1. The van der Waals surface area contributed by atoms with E-state index in [1.807, 2.05) is 64.1 Å². The third kappa shape index (κ3) is 6.54. The number of hydrogen-bond acceptors (Lipinski definition) is 4. The lowest BCUT2D eigenvalue weighted by molar-refractivity contribution is 0.0816. The molecular formula is C30H35N5O2Si. The van der Waals surface area contributed by atoms with Crippen LogP contribution in [0.4, 0.5) is 11.4 Å². The molecule has 0 saturated heterocycles. The van der Waals surface area contributed by atoms with Gasteiger partial charge in [-0.3, -0.25) is 4.79 Å². The minimum Gasteiger partial charge on any atom is -0.360 e. The first-order chi connectivity index (χ1) is 18.4. The molecule has 0 atom stereocenters. The normalized spacial score (nSPS) is 13.2. The fraction of sp³-hybridized carbons (Fsp3) is 0.333. The van der Waals surface area contributed by atoms with Crippen LogP contribution in [-0.4, -0.2) is 41.5 Å². The van der Waals surface area contributed by atoms with Crippen LogP contribution in [-0.2, 0) is 11.5 Å². The van der Waals surface area contributed by atoms with E-state index >= 15 is 0 Å². The maximum Gasteiger partial charge on any atom is 0.254 e. The molecule has 2 aromatic heterocycles. The van der Waals surface area contributed by atoms with Crippen molar-refractivity contribution in [2.75, 3.05) is 18.5 Å². The average Bonchev–Trinajstić information content (AvgIpc) is 3.42. The molecule has 1 aliphatic carbocycles. The van der Waals surface area contributed by atoms with E-state index in [2.05, 4.69) is 54.2 Å². The van der Waals surface area contributed by atoms with Gasteiger partial charge in [0, 0.05) is 44.1 Å². The van der Waals surface area contributed by atoms with Crippen molar-refractivity contribution in [3.05, 3.63) is 72.6 Å². The van der Waals surface area contributed by atoms with Crippen LogP contribution in [0.1, 0.15) is 23.2 Å². The number of anilines is 2. The zero-order valence-corrected chi connectivity index (χ0v) is 23.3. The zero-order chi connectivity index (χ0) is 26.5. The lowest BCUT2D eigenvalue weighted by Crippen LogP contribution is -2.24. The molecule has 0 bridgehead atoms. The summed E-state index contributed by atoms with van der Waals surface area (Å²) in [6, 6.07) is 18.8. The molecule has 0 unspecified atom stereocenters. The molecule has 0 spiro atoms. The highest BCUT2D eigenvalue weighted by Gasteiger charge is 2.18. The van der Waals surface area contributed by atoms with Gasteiger partial charge in [0.1, 0.15) is 6.73 Å². The van der Waals surface area contributed by atoms with Crippen molar-refractivity contribution in [2.45, 2.75) is 45.3 Å². The van der Waals surface area contributed by atoms with E-state index < -0.39 is 8.07 Å². The Hall–Kier alpha value is -3.80. The van der Waals surface area contributed by atoms with Crippen LogP contribution in [0, 0.1) is 17.8 Å². The Kier molecular flexibility index (Phi) is 7.68. The molecule has 1 saturated carbocycles. The highest BCUT2D eigenvalue weighted by atomic mass is 28.3. The van der Waals surface area contributed by atoms with Gasteiger partial charge >= 0.3 is 0 Å². The van der Waals surface area contributed by atoms with Crippen molar-refractivity contribution >= 4 is 36.3 Å². The summed E-state index contributed by atoms with van der Waals surface area (Å²) in [6.07, 6.45) is 6.34. The number of rotatable bonds is 10. The SMILES string of the molecule is C[Si](C)(C)CCOCn1nc(-n2cccc2)c2ccc(Nc3ccccc3C(=O)NCC#CC3CC3)cc21. The molecule has 5 rings (SSSR count). The van der Waals surface area contributed by atoms with Crippen LogP contribution in [0.2, 0.25) is 25.7 Å². The Bertz CT molecular complexity index is 1470. The summed E-state index contributed by atoms with van der Waals surface area (Å²) in [7, 11) is -1.18. The third-order valence-corrected chi connectivity index (χ3v) is 8.17. The summed E-state index contributed by atoms with van der Waals surface area (Å²) in [4.78, 5) is 12.9.